The van der Waals surface area contributed by atoms with E-state index >= 15 is 0 Å². The number of thiophene rings is 1. The van der Waals surface area contributed by atoms with Gasteiger partial charge in [0.05, 0.1) is 12.2 Å². The van der Waals surface area contributed by atoms with E-state index < -0.39 is 0 Å². The second kappa shape index (κ2) is 8.15. The molecule has 3 rings (SSSR count). The third-order valence-electron chi connectivity index (χ3n) is 4.37. The third-order valence-corrected chi connectivity index (χ3v) is 5.40. The second-order valence-electron chi connectivity index (χ2n) is 5.98. The number of amides is 1. The molecule has 0 radical (unpaired) electrons. The van der Waals surface area contributed by atoms with Gasteiger partial charge in [-0.1, -0.05) is 0 Å². The summed E-state index contributed by atoms with van der Waals surface area (Å²) in [6.45, 7) is 2.76. The standard InChI is InChI=1S/C17H24N6OS/c1-18-17(20-11-14-3-8-21-22(14)2)19-7-4-16(24)23-9-5-15-13(12-23)6-10-25-15/h3,6,8,10H,4-5,7,9,11-12H2,1-2H3,(H2,18,19,20). The lowest BCUT2D eigenvalue weighted by Crippen LogP contribution is -2.41. The first-order chi connectivity index (χ1) is 12.2. The molecule has 2 aromatic heterocycles. The minimum absolute atomic E-state index is 0.187. The van der Waals surface area contributed by atoms with Gasteiger partial charge in [0.25, 0.3) is 0 Å². The van der Waals surface area contributed by atoms with Crippen LogP contribution in [-0.4, -0.2) is 46.7 Å². The molecular formula is C17H24N6OS. The Kier molecular flexibility index (Phi) is 5.70. The Morgan fingerprint density at radius 3 is 3.04 bits per heavy atom. The number of nitrogens with zero attached hydrogens (tertiary/aromatic N) is 4. The number of guanidine groups is 1. The van der Waals surface area contributed by atoms with Gasteiger partial charge >= 0.3 is 0 Å². The fourth-order valence-electron chi connectivity index (χ4n) is 2.88. The summed E-state index contributed by atoms with van der Waals surface area (Å²) in [5.41, 5.74) is 2.37. The van der Waals surface area contributed by atoms with Crippen molar-refractivity contribution in [2.45, 2.75) is 25.9 Å². The lowest BCUT2D eigenvalue weighted by molar-refractivity contribution is -0.131. The van der Waals surface area contributed by atoms with Gasteiger partial charge in [-0.2, -0.15) is 5.10 Å². The molecule has 25 heavy (non-hydrogen) atoms. The molecule has 2 aromatic rings. The zero-order valence-electron chi connectivity index (χ0n) is 14.7. The first-order valence-corrected chi connectivity index (χ1v) is 9.29. The molecular weight excluding hydrogens is 336 g/mol. The van der Waals surface area contributed by atoms with Gasteiger partial charge in [0, 0.05) is 51.2 Å². The summed E-state index contributed by atoms with van der Waals surface area (Å²) < 4.78 is 1.82. The van der Waals surface area contributed by atoms with E-state index in [2.05, 4.69) is 32.2 Å². The molecule has 7 nitrogen and oxygen atoms in total. The number of nitrogens with one attached hydrogen (secondary N) is 2. The van der Waals surface area contributed by atoms with E-state index in [9.17, 15) is 4.79 Å². The number of carbonyl (C=O) groups is 1. The van der Waals surface area contributed by atoms with Crippen LogP contribution < -0.4 is 10.6 Å². The molecule has 0 aromatic carbocycles. The van der Waals surface area contributed by atoms with Crippen molar-refractivity contribution in [3.05, 3.63) is 39.8 Å². The summed E-state index contributed by atoms with van der Waals surface area (Å²) in [4.78, 5) is 20.0. The molecule has 0 spiro atoms. The molecule has 0 unspecified atom stereocenters. The summed E-state index contributed by atoms with van der Waals surface area (Å²) in [6, 6.07) is 4.08. The van der Waals surface area contributed by atoms with Crippen LogP contribution in [-0.2, 0) is 31.4 Å². The van der Waals surface area contributed by atoms with Crippen LogP contribution in [0.15, 0.2) is 28.7 Å². The molecule has 0 saturated heterocycles. The molecule has 0 atom stereocenters. The van der Waals surface area contributed by atoms with Gasteiger partial charge in [0.15, 0.2) is 5.96 Å². The fourth-order valence-corrected chi connectivity index (χ4v) is 3.77. The smallest absolute Gasteiger partial charge is 0.224 e. The number of rotatable bonds is 5. The molecule has 1 aliphatic heterocycles. The summed E-state index contributed by atoms with van der Waals surface area (Å²) in [5.74, 6) is 0.874. The normalized spacial score (nSPS) is 14.3. The maximum Gasteiger partial charge on any atom is 0.224 e. The number of aliphatic imine (C=N–C) groups is 1. The number of hydrogen-bond acceptors (Lipinski definition) is 4. The Hall–Kier alpha value is -2.35. The van der Waals surface area contributed by atoms with Crippen LogP contribution in [0, 0.1) is 0 Å². The monoisotopic (exact) mass is 360 g/mol. The summed E-state index contributed by atoms with van der Waals surface area (Å²) >= 11 is 1.79. The van der Waals surface area contributed by atoms with Crippen molar-refractivity contribution < 1.29 is 4.79 Å². The highest BCUT2D eigenvalue weighted by atomic mass is 32.1. The van der Waals surface area contributed by atoms with E-state index in [1.165, 1.54) is 10.4 Å². The summed E-state index contributed by atoms with van der Waals surface area (Å²) in [5, 5.41) is 12.7. The second-order valence-corrected chi connectivity index (χ2v) is 6.98. The highest BCUT2D eigenvalue weighted by Gasteiger charge is 2.20. The maximum absolute atomic E-state index is 12.4. The number of fused-ring (bicyclic) bond motifs is 1. The Bertz CT molecular complexity index is 750. The van der Waals surface area contributed by atoms with E-state index in [4.69, 9.17) is 0 Å². The van der Waals surface area contributed by atoms with Crippen molar-refractivity contribution in [3.8, 4) is 0 Å². The van der Waals surface area contributed by atoms with Crippen LogP contribution in [0.5, 0.6) is 0 Å². The molecule has 0 bridgehead atoms. The molecule has 0 saturated carbocycles. The van der Waals surface area contributed by atoms with Crippen LogP contribution >= 0.6 is 11.3 Å². The van der Waals surface area contributed by atoms with Crippen molar-refractivity contribution in [3.63, 3.8) is 0 Å². The predicted molar refractivity (Wildman–Crippen MR) is 99.5 cm³/mol. The molecule has 0 aliphatic carbocycles. The quantitative estimate of drug-likeness (QED) is 0.619. The van der Waals surface area contributed by atoms with Crippen molar-refractivity contribution in [1.29, 1.82) is 0 Å². The van der Waals surface area contributed by atoms with Gasteiger partial charge in [-0.3, -0.25) is 14.5 Å². The zero-order valence-corrected chi connectivity index (χ0v) is 15.5. The van der Waals surface area contributed by atoms with Crippen molar-refractivity contribution in [2.24, 2.45) is 12.0 Å². The number of aryl methyl sites for hydroxylation is 1. The van der Waals surface area contributed by atoms with Crippen LogP contribution in [0.3, 0.4) is 0 Å². The number of carbonyl (C=O) groups excluding carboxylic acids is 1. The van der Waals surface area contributed by atoms with Gasteiger partial charge < -0.3 is 15.5 Å². The first-order valence-electron chi connectivity index (χ1n) is 8.42. The molecule has 2 N–H and O–H groups in total. The molecule has 134 valence electrons. The fraction of sp³-hybridized carbons (Fsp3) is 0.471. The van der Waals surface area contributed by atoms with Gasteiger partial charge in [-0.15, -0.1) is 11.3 Å². The largest absolute Gasteiger partial charge is 0.356 e. The van der Waals surface area contributed by atoms with E-state index in [-0.39, 0.29) is 5.91 Å². The SMILES string of the molecule is CN=C(NCCC(=O)N1CCc2sccc2C1)NCc1ccnn1C. The van der Waals surface area contributed by atoms with E-state index in [0.29, 0.717) is 25.5 Å². The van der Waals surface area contributed by atoms with Crippen molar-refractivity contribution in [2.75, 3.05) is 20.1 Å². The van der Waals surface area contributed by atoms with E-state index in [1.807, 2.05) is 22.7 Å². The minimum atomic E-state index is 0.187. The maximum atomic E-state index is 12.4. The Morgan fingerprint density at radius 1 is 1.40 bits per heavy atom. The molecule has 0 fully saturated rings. The highest BCUT2D eigenvalue weighted by Crippen LogP contribution is 2.24. The Morgan fingerprint density at radius 2 is 2.28 bits per heavy atom. The van der Waals surface area contributed by atoms with Crippen LogP contribution in [0.4, 0.5) is 0 Å². The van der Waals surface area contributed by atoms with Gasteiger partial charge in [-0.05, 0) is 29.5 Å². The minimum Gasteiger partial charge on any atom is -0.356 e. The highest BCUT2D eigenvalue weighted by molar-refractivity contribution is 7.10. The average molecular weight is 360 g/mol. The average Bonchev–Trinajstić information content (AvgIpc) is 3.25. The summed E-state index contributed by atoms with van der Waals surface area (Å²) in [6.07, 6.45) is 3.20. The van der Waals surface area contributed by atoms with Crippen LogP contribution in [0.1, 0.15) is 22.6 Å². The zero-order chi connectivity index (χ0) is 17.6. The first kappa shape index (κ1) is 17.5. The van der Waals surface area contributed by atoms with Crippen molar-refractivity contribution >= 4 is 23.2 Å². The van der Waals surface area contributed by atoms with E-state index in [0.717, 1.165) is 25.2 Å². The van der Waals surface area contributed by atoms with Gasteiger partial charge in [0.2, 0.25) is 5.91 Å². The van der Waals surface area contributed by atoms with Crippen LogP contribution in [0.2, 0.25) is 0 Å². The number of hydrogen-bond donors (Lipinski definition) is 2. The third kappa shape index (κ3) is 4.39. The number of aromatic nitrogens is 2. The molecule has 8 heteroatoms. The lowest BCUT2D eigenvalue weighted by atomic mass is 10.1. The van der Waals surface area contributed by atoms with Gasteiger partial charge in [-0.25, -0.2) is 0 Å². The van der Waals surface area contributed by atoms with Crippen LogP contribution in [0.25, 0.3) is 0 Å². The molecule has 3 heterocycles. The van der Waals surface area contributed by atoms with Crippen molar-refractivity contribution in [1.82, 2.24) is 25.3 Å². The lowest BCUT2D eigenvalue weighted by Gasteiger charge is -2.27. The molecule has 1 amide bonds. The topological polar surface area (TPSA) is 74.6 Å². The summed E-state index contributed by atoms with van der Waals surface area (Å²) in [7, 11) is 3.63. The van der Waals surface area contributed by atoms with Gasteiger partial charge in [0.1, 0.15) is 0 Å². The predicted octanol–water partition coefficient (Wildman–Crippen LogP) is 1.12. The molecule has 1 aliphatic rings. The Balaban J connectivity index is 1.41. The van der Waals surface area contributed by atoms with E-state index in [1.54, 1.807) is 24.6 Å². The Labute approximate surface area is 151 Å².